The van der Waals surface area contributed by atoms with E-state index in [0.29, 0.717) is 5.02 Å². The van der Waals surface area contributed by atoms with E-state index in [2.05, 4.69) is 22.1 Å². The number of H-pyrrole nitrogens is 1. The number of alkyl halides is 3. The second kappa shape index (κ2) is 6.58. The van der Waals surface area contributed by atoms with Gasteiger partial charge in [0.05, 0.1) is 17.1 Å². The highest BCUT2D eigenvalue weighted by Gasteiger charge is 2.30. The molecule has 3 nitrogen and oxygen atoms in total. The van der Waals surface area contributed by atoms with Crippen LogP contribution >= 0.6 is 11.6 Å². The summed E-state index contributed by atoms with van der Waals surface area (Å²) in [7, 11) is 0. The number of amides is 1. The van der Waals surface area contributed by atoms with Gasteiger partial charge in [-0.15, -0.1) is 0 Å². The Morgan fingerprint density at radius 3 is 2.73 bits per heavy atom. The number of nitrogens with one attached hydrogen (secondary N) is 2. The van der Waals surface area contributed by atoms with Gasteiger partial charge in [0, 0.05) is 11.8 Å². The molecule has 0 unspecified atom stereocenters. The maximum absolute atomic E-state index is 12.5. The van der Waals surface area contributed by atoms with Gasteiger partial charge in [-0.2, -0.15) is 13.2 Å². The zero-order valence-electron chi connectivity index (χ0n) is 11.1. The van der Waals surface area contributed by atoms with E-state index in [-0.39, 0.29) is 17.8 Å². The average molecular weight is 327 g/mol. The molecule has 1 aromatic carbocycles. The summed E-state index contributed by atoms with van der Waals surface area (Å²) in [6.45, 7) is 0.00567. The molecule has 0 radical (unpaired) electrons. The Morgan fingerprint density at radius 2 is 2.09 bits per heavy atom. The number of benzene rings is 1. The fraction of sp³-hybridized carbons (Fsp3) is 0.133. The van der Waals surface area contributed by atoms with Crippen LogP contribution in [0.15, 0.2) is 36.5 Å². The monoisotopic (exact) mass is 326 g/mol. The smallest absolute Gasteiger partial charge is 0.356 e. The summed E-state index contributed by atoms with van der Waals surface area (Å²) >= 11 is 5.67. The van der Waals surface area contributed by atoms with E-state index in [9.17, 15) is 18.0 Å². The van der Waals surface area contributed by atoms with Gasteiger partial charge in [-0.3, -0.25) is 4.79 Å². The van der Waals surface area contributed by atoms with E-state index in [1.165, 1.54) is 24.4 Å². The number of hydrogen-bond donors (Lipinski definition) is 2. The van der Waals surface area contributed by atoms with Crippen molar-refractivity contribution in [1.82, 2.24) is 10.3 Å². The third-order valence-electron chi connectivity index (χ3n) is 2.65. The molecule has 0 saturated carbocycles. The Bertz CT molecular complexity index is 741. The summed E-state index contributed by atoms with van der Waals surface area (Å²) in [5, 5.41) is 2.91. The van der Waals surface area contributed by atoms with Crippen LogP contribution in [0.5, 0.6) is 0 Å². The van der Waals surface area contributed by atoms with Crippen molar-refractivity contribution in [3.63, 3.8) is 0 Å². The highest BCUT2D eigenvalue weighted by molar-refractivity contribution is 6.30. The zero-order chi connectivity index (χ0) is 16.2. The first-order chi connectivity index (χ1) is 10.4. The summed E-state index contributed by atoms with van der Waals surface area (Å²) in [4.78, 5) is 14.3. The fourth-order valence-corrected chi connectivity index (χ4v) is 1.80. The van der Waals surface area contributed by atoms with Crippen LogP contribution in [0, 0.1) is 11.8 Å². The maximum Gasteiger partial charge on any atom is 0.416 e. The molecule has 0 aliphatic rings. The zero-order valence-corrected chi connectivity index (χ0v) is 11.8. The standard InChI is InChI=1S/C15H10ClF3N2O/c16-12-8-13(21-9-12)14(22)20-6-2-4-10-3-1-5-11(7-10)15(17,18)19/h1,3,5,7-9,21H,6H2,(H,20,22). The Balaban J connectivity index is 1.96. The third kappa shape index (κ3) is 4.30. The molecule has 2 rings (SSSR count). The maximum atomic E-state index is 12.5. The van der Waals surface area contributed by atoms with Crippen LogP contribution in [-0.2, 0) is 6.18 Å². The van der Waals surface area contributed by atoms with Gasteiger partial charge in [0.2, 0.25) is 0 Å². The molecule has 1 aromatic heterocycles. The Morgan fingerprint density at radius 1 is 1.32 bits per heavy atom. The first kappa shape index (κ1) is 16.0. The second-order valence-corrected chi connectivity index (χ2v) is 4.73. The van der Waals surface area contributed by atoms with Crippen molar-refractivity contribution >= 4 is 17.5 Å². The highest BCUT2D eigenvalue weighted by Crippen LogP contribution is 2.29. The third-order valence-corrected chi connectivity index (χ3v) is 2.87. The van der Waals surface area contributed by atoms with E-state index in [0.717, 1.165) is 12.1 Å². The number of aromatic amines is 1. The first-order valence-corrected chi connectivity index (χ1v) is 6.52. The van der Waals surface area contributed by atoms with Crippen LogP contribution in [0.25, 0.3) is 0 Å². The molecular formula is C15H10ClF3N2O. The van der Waals surface area contributed by atoms with E-state index in [4.69, 9.17) is 11.6 Å². The van der Waals surface area contributed by atoms with E-state index < -0.39 is 17.6 Å². The molecule has 1 heterocycles. The normalized spacial score (nSPS) is 10.7. The summed E-state index contributed by atoms with van der Waals surface area (Å²) in [5.74, 6) is 4.76. The fourth-order valence-electron chi connectivity index (χ4n) is 1.64. The topological polar surface area (TPSA) is 44.9 Å². The lowest BCUT2D eigenvalue weighted by Gasteiger charge is -2.05. The van der Waals surface area contributed by atoms with Crippen molar-refractivity contribution in [2.45, 2.75) is 6.18 Å². The molecule has 2 aromatic rings. The lowest BCUT2D eigenvalue weighted by Crippen LogP contribution is -2.23. The van der Waals surface area contributed by atoms with E-state index >= 15 is 0 Å². The van der Waals surface area contributed by atoms with Crippen LogP contribution in [0.2, 0.25) is 5.02 Å². The van der Waals surface area contributed by atoms with Crippen molar-refractivity contribution in [2.24, 2.45) is 0 Å². The molecule has 7 heteroatoms. The lowest BCUT2D eigenvalue weighted by molar-refractivity contribution is -0.137. The molecule has 0 atom stereocenters. The van der Waals surface area contributed by atoms with Gasteiger partial charge >= 0.3 is 6.18 Å². The molecule has 22 heavy (non-hydrogen) atoms. The number of aromatic nitrogens is 1. The van der Waals surface area contributed by atoms with Crippen LogP contribution in [0.3, 0.4) is 0 Å². The predicted octanol–water partition coefficient (Wildman–Crippen LogP) is 3.47. The predicted molar refractivity (Wildman–Crippen MR) is 76.5 cm³/mol. The van der Waals surface area contributed by atoms with Crippen LogP contribution in [-0.4, -0.2) is 17.4 Å². The van der Waals surface area contributed by atoms with Crippen molar-refractivity contribution in [3.8, 4) is 11.8 Å². The van der Waals surface area contributed by atoms with Crippen molar-refractivity contribution in [2.75, 3.05) is 6.54 Å². The molecule has 0 spiro atoms. The van der Waals surface area contributed by atoms with E-state index in [1.807, 2.05) is 0 Å². The molecule has 0 aliphatic carbocycles. The highest BCUT2D eigenvalue weighted by atomic mass is 35.5. The second-order valence-electron chi connectivity index (χ2n) is 4.29. The van der Waals surface area contributed by atoms with Gasteiger partial charge in [0.25, 0.3) is 5.91 Å². The van der Waals surface area contributed by atoms with Gasteiger partial charge in [-0.05, 0) is 24.3 Å². The van der Waals surface area contributed by atoms with E-state index in [1.54, 1.807) is 0 Å². The number of hydrogen-bond acceptors (Lipinski definition) is 1. The Hall–Kier alpha value is -2.39. The van der Waals surface area contributed by atoms with Gasteiger partial charge in [0.1, 0.15) is 5.69 Å². The minimum Gasteiger partial charge on any atom is -0.356 e. The van der Waals surface area contributed by atoms with Crippen molar-refractivity contribution in [1.29, 1.82) is 0 Å². The molecule has 114 valence electrons. The molecule has 0 fully saturated rings. The lowest BCUT2D eigenvalue weighted by atomic mass is 10.1. The molecule has 2 N–H and O–H groups in total. The number of halogens is 4. The van der Waals surface area contributed by atoms with Crippen LogP contribution < -0.4 is 5.32 Å². The Labute approximate surface area is 129 Å². The van der Waals surface area contributed by atoms with Crippen LogP contribution in [0.1, 0.15) is 21.6 Å². The SMILES string of the molecule is O=C(NCC#Cc1cccc(C(F)(F)F)c1)c1cc(Cl)c[nH]1. The molecule has 0 bridgehead atoms. The first-order valence-electron chi connectivity index (χ1n) is 6.14. The quantitative estimate of drug-likeness (QED) is 0.816. The minimum absolute atomic E-state index is 0.00567. The molecule has 1 amide bonds. The number of carbonyl (C=O) groups is 1. The summed E-state index contributed by atoms with van der Waals surface area (Å²) < 4.78 is 37.6. The number of rotatable bonds is 2. The van der Waals surface area contributed by atoms with Gasteiger partial charge in [-0.1, -0.05) is 29.5 Å². The van der Waals surface area contributed by atoms with Gasteiger partial charge in [0.15, 0.2) is 0 Å². The summed E-state index contributed by atoms with van der Waals surface area (Å²) in [6, 6.07) is 6.14. The molecule has 0 saturated heterocycles. The average Bonchev–Trinajstić information content (AvgIpc) is 2.89. The minimum atomic E-state index is -4.40. The summed E-state index contributed by atoms with van der Waals surface area (Å²) in [6.07, 6.45) is -2.94. The van der Waals surface area contributed by atoms with Crippen LogP contribution in [0.4, 0.5) is 13.2 Å². The Kier molecular flexibility index (Phi) is 4.78. The summed E-state index contributed by atoms with van der Waals surface area (Å²) in [5.41, 5.74) is -0.248. The van der Waals surface area contributed by atoms with Gasteiger partial charge < -0.3 is 10.3 Å². The largest absolute Gasteiger partial charge is 0.416 e. The van der Waals surface area contributed by atoms with Crippen molar-refractivity contribution in [3.05, 3.63) is 58.4 Å². The number of carbonyl (C=O) groups excluding carboxylic acids is 1. The molecule has 0 aliphatic heterocycles. The van der Waals surface area contributed by atoms with Gasteiger partial charge in [-0.25, -0.2) is 0 Å². The van der Waals surface area contributed by atoms with Crippen molar-refractivity contribution < 1.29 is 18.0 Å². The molecular weight excluding hydrogens is 317 g/mol.